The first kappa shape index (κ1) is 21.2. The van der Waals surface area contributed by atoms with Gasteiger partial charge in [0.2, 0.25) is 0 Å². The normalized spacial score (nSPS) is 17.8. The summed E-state index contributed by atoms with van der Waals surface area (Å²) in [4.78, 5) is 27.2. The van der Waals surface area contributed by atoms with Crippen molar-refractivity contribution in [3.63, 3.8) is 0 Å². The SMILES string of the molecule is COC(=O)[C@@H](CNC(=O)N1CC2(CCOCC2)c2ccccc21)Cc1ccc(O)cc1. The van der Waals surface area contributed by atoms with E-state index in [4.69, 9.17) is 9.47 Å². The molecule has 7 nitrogen and oxygen atoms in total. The highest BCUT2D eigenvalue weighted by Gasteiger charge is 2.45. The number of nitrogens with zero attached hydrogens (tertiary/aromatic N) is 1. The number of hydrogen-bond donors (Lipinski definition) is 2. The van der Waals surface area contributed by atoms with E-state index in [2.05, 4.69) is 11.4 Å². The topological polar surface area (TPSA) is 88.1 Å². The Balaban J connectivity index is 1.46. The number of anilines is 1. The van der Waals surface area contributed by atoms with E-state index in [-0.39, 0.29) is 29.7 Å². The quantitative estimate of drug-likeness (QED) is 0.721. The van der Waals surface area contributed by atoms with Crippen molar-refractivity contribution in [2.45, 2.75) is 24.7 Å². The van der Waals surface area contributed by atoms with Crippen molar-refractivity contribution in [2.75, 3.05) is 38.3 Å². The van der Waals surface area contributed by atoms with Crippen molar-refractivity contribution in [1.29, 1.82) is 0 Å². The summed E-state index contributed by atoms with van der Waals surface area (Å²) in [6.45, 7) is 2.17. The highest BCUT2D eigenvalue weighted by molar-refractivity contribution is 5.95. The number of esters is 1. The van der Waals surface area contributed by atoms with E-state index in [0.29, 0.717) is 26.2 Å². The lowest BCUT2D eigenvalue weighted by molar-refractivity contribution is -0.145. The summed E-state index contributed by atoms with van der Waals surface area (Å²) < 4.78 is 10.5. The Morgan fingerprint density at radius 3 is 2.58 bits per heavy atom. The molecule has 0 unspecified atom stereocenters. The van der Waals surface area contributed by atoms with Gasteiger partial charge in [-0.3, -0.25) is 9.69 Å². The number of urea groups is 1. The summed E-state index contributed by atoms with van der Waals surface area (Å²) in [5, 5.41) is 12.4. The molecule has 0 aliphatic carbocycles. The zero-order valence-corrected chi connectivity index (χ0v) is 17.7. The lowest BCUT2D eigenvalue weighted by Crippen LogP contribution is -2.46. The maximum absolute atomic E-state index is 13.1. The van der Waals surface area contributed by atoms with Gasteiger partial charge in [0.15, 0.2) is 0 Å². The van der Waals surface area contributed by atoms with Gasteiger partial charge in [0.1, 0.15) is 5.75 Å². The molecule has 0 bridgehead atoms. The summed E-state index contributed by atoms with van der Waals surface area (Å²) >= 11 is 0. The summed E-state index contributed by atoms with van der Waals surface area (Å²) in [7, 11) is 1.35. The van der Waals surface area contributed by atoms with Gasteiger partial charge in [-0.05, 0) is 48.6 Å². The van der Waals surface area contributed by atoms with Gasteiger partial charge in [0, 0.05) is 37.4 Å². The molecule has 0 radical (unpaired) electrons. The van der Waals surface area contributed by atoms with Gasteiger partial charge >= 0.3 is 12.0 Å². The van der Waals surface area contributed by atoms with Crippen LogP contribution in [0.3, 0.4) is 0 Å². The number of ether oxygens (including phenoxy) is 2. The Hall–Kier alpha value is -3.06. The van der Waals surface area contributed by atoms with Crippen LogP contribution in [0.25, 0.3) is 0 Å². The highest BCUT2D eigenvalue weighted by atomic mass is 16.5. The van der Waals surface area contributed by atoms with Crippen molar-refractivity contribution in [2.24, 2.45) is 5.92 Å². The number of benzene rings is 2. The number of methoxy groups -OCH3 is 1. The van der Waals surface area contributed by atoms with Gasteiger partial charge in [-0.15, -0.1) is 0 Å². The van der Waals surface area contributed by atoms with E-state index in [9.17, 15) is 14.7 Å². The molecule has 1 atom stereocenters. The average molecular weight is 424 g/mol. The lowest BCUT2D eigenvalue weighted by atomic mass is 9.76. The predicted octanol–water partition coefficient (Wildman–Crippen LogP) is 3.00. The number of phenolic OH excluding ortho intramolecular Hbond substituents is 1. The van der Waals surface area contributed by atoms with Crippen molar-refractivity contribution in [3.05, 3.63) is 59.7 Å². The molecule has 0 saturated carbocycles. The van der Waals surface area contributed by atoms with Crippen LogP contribution in [0.4, 0.5) is 10.5 Å². The van der Waals surface area contributed by atoms with E-state index < -0.39 is 5.92 Å². The number of aromatic hydroxyl groups is 1. The molecule has 31 heavy (non-hydrogen) atoms. The zero-order chi connectivity index (χ0) is 21.8. The molecule has 1 spiro atoms. The van der Waals surface area contributed by atoms with Crippen LogP contribution in [-0.4, -0.2) is 50.5 Å². The molecule has 2 heterocycles. The molecule has 7 heteroatoms. The molecule has 2 aliphatic heterocycles. The van der Waals surface area contributed by atoms with E-state index in [1.54, 1.807) is 29.2 Å². The minimum absolute atomic E-state index is 0.0695. The van der Waals surface area contributed by atoms with Crippen LogP contribution in [0.15, 0.2) is 48.5 Å². The van der Waals surface area contributed by atoms with E-state index >= 15 is 0 Å². The van der Waals surface area contributed by atoms with E-state index in [1.165, 1.54) is 12.7 Å². The second kappa shape index (κ2) is 8.98. The molecule has 1 saturated heterocycles. The fourth-order valence-corrected chi connectivity index (χ4v) is 4.63. The van der Waals surface area contributed by atoms with Crippen LogP contribution >= 0.6 is 0 Å². The molecule has 164 valence electrons. The van der Waals surface area contributed by atoms with Crippen LogP contribution in [0.5, 0.6) is 5.75 Å². The van der Waals surface area contributed by atoms with Crippen LogP contribution in [0, 0.1) is 5.92 Å². The number of amides is 2. The molecule has 4 rings (SSSR count). The summed E-state index contributed by atoms with van der Waals surface area (Å²) in [5.41, 5.74) is 2.94. The Morgan fingerprint density at radius 1 is 1.16 bits per heavy atom. The van der Waals surface area contributed by atoms with E-state index in [0.717, 1.165) is 24.1 Å². The average Bonchev–Trinajstić information content (AvgIpc) is 3.11. The molecular formula is C24H28N2O5. The van der Waals surface area contributed by atoms with Gasteiger partial charge in [0.25, 0.3) is 0 Å². The number of para-hydroxylation sites is 1. The van der Waals surface area contributed by atoms with Crippen LogP contribution in [0.2, 0.25) is 0 Å². The second-order valence-electron chi connectivity index (χ2n) is 8.27. The minimum atomic E-state index is -0.520. The van der Waals surface area contributed by atoms with Crippen molar-refractivity contribution in [3.8, 4) is 5.75 Å². The predicted molar refractivity (Wildman–Crippen MR) is 116 cm³/mol. The standard InChI is InChI=1S/C24H28N2O5/c1-30-22(28)18(14-17-6-8-19(27)9-7-17)15-25-23(29)26-16-24(10-12-31-13-11-24)20-4-2-3-5-21(20)26/h2-9,18,27H,10-16H2,1H3,(H,25,29)/t18-/m1/s1. The first-order chi connectivity index (χ1) is 15.0. The monoisotopic (exact) mass is 424 g/mol. The Labute approximate surface area is 182 Å². The summed E-state index contributed by atoms with van der Waals surface area (Å²) in [6, 6.07) is 14.5. The van der Waals surface area contributed by atoms with Gasteiger partial charge in [-0.1, -0.05) is 30.3 Å². The Morgan fingerprint density at radius 2 is 1.87 bits per heavy atom. The Bertz CT molecular complexity index is 937. The lowest BCUT2D eigenvalue weighted by Gasteiger charge is -2.34. The van der Waals surface area contributed by atoms with Crippen molar-refractivity contribution < 1.29 is 24.2 Å². The van der Waals surface area contributed by atoms with Gasteiger partial charge in [-0.2, -0.15) is 0 Å². The van der Waals surface area contributed by atoms with Crippen molar-refractivity contribution in [1.82, 2.24) is 5.32 Å². The fourth-order valence-electron chi connectivity index (χ4n) is 4.63. The van der Waals surface area contributed by atoms with Gasteiger partial charge in [-0.25, -0.2) is 4.79 Å². The van der Waals surface area contributed by atoms with Gasteiger partial charge < -0.3 is 19.9 Å². The largest absolute Gasteiger partial charge is 0.508 e. The van der Waals surface area contributed by atoms with Gasteiger partial charge in [0.05, 0.1) is 13.0 Å². The number of fused-ring (bicyclic) bond motifs is 2. The number of hydrogen-bond acceptors (Lipinski definition) is 5. The molecule has 1 fully saturated rings. The second-order valence-corrected chi connectivity index (χ2v) is 8.27. The van der Waals surface area contributed by atoms with Crippen LogP contribution < -0.4 is 10.2 Å². The Kier molecular flexibility index (Phi) is 6.13. The maximum atomic E-state index is 13.1. The van der Waals surface area contributed by atoms with Crippen LogP contribution in [0.1, 0.15) is 24.0 Å². The van der Waals surface area contributed by atoms with Crippen molar-refractivity contribution >= 4 is 17.7 Å². The maximum Gasteiger partial charge on any atom is 0.321 e. The molecule has 2 aromatic rings. The summed E-state index contributed by atoms with van der Waals surface area (Å²) in [5.74, 6) is -0.731. The van der Waals surface area contributed by atoms with E-state index in [1.807, 2.05) is 18.2 Å². The fraction of sp³-hybridized carbons (Fsp3) is 0.417. The molecule has 0 aromatic heterocycles. The zero-order valence-electron chi connectivity index (χ0n) is 17.7. The number of nitrogens with one attached hydrogen (secondary N) is 1. The first-order valence-corrected chi connectivity index (χ1v) is 10.6. The number of carbonyl (C=O) groups is 2. The van der Waals surface area contributed by atoms with Crippen LogP contribution in [-0.2, 0) is 26.1 Å². The molecular weight excluding hydrogens is 396 g/mol. The number of rotatable bonds is 5. The first-order valence-electron chi connectivity index (χ1n) is 10.6. The third-order valence-electron chi connectivity index (χ3n) is 6.37. The molecule has 2 amide bonds. The molecule has 2 aromatic carbocycles. The molecule has 2 N–H and O–H groups in total. The highest BCUT2D eigenvalue weighted by Crippen LogP contribution is 2.46. The smallest absolute Gasteiger partial charge is 0.321 e. The summed E-state index contributed by atoms with van der Waals surface area (Å²) in [6.07, 6.45) is 2.18. The number of carbonyl (C=O) groups excluding carboxylic acids is 2. The third-order valence-corrected chi connectivity index (χ3v) is 6.37. The third kappa shape index (κ3) is 4.37. The minimum Gasteiger partial charge on any atom is -0.508 e. The number of phenols is 1. The molecule has 2 aliphatic rings.